The number of benzene rings is 1. The Morgan fingerprint density at radius 3 is 2.89 bits per heavy atom. The molecule has 2 amide bonds. The van der Waals surface area contributed by atoms with Crippen molar-refractivity contribution in [3.63, 3.8) is 0 Å². The molecule has 1 aliphatic heterocycles. The molecule has 184 valence electrons. The van der Waals surface area contributed by atoms with Gasteiger partial charge in [-0.15, -0.1) is 0 Å². The van der Waals surface area contributed by atoms with Gasteiger partial charge in [0.15, 0.2) is 11.6 Å². The molecule has 1 aliphatic carbocycles. The zero-order valence-corrected chi connectivity index (χ0v) is 20.7. The van der Waals surface area contributed by atoms with Gasteiger partial charge in [0.25, 0.3) is 0 Å². The summed E-state index contributed by atoms with van der Waals surface area (Å²) >= 11 is 3.30. The van der Waals surface area contributed by atoms with Crippen LogP contribution in [0, 0.1) is 11.7 Å². The number of carbonyl (C=O) groups is 2. The van der Waals surface area contributed by atoms with Crippen molar-refractivity contribution in [3.8, 4) is 5.75 Å². The van der Waals surface area contributed by atoms with Crippen LogP contribution in [-0.4, -0.2) is 55.4 Å². The summed E-state index contributed by atoms with van der Waals surface area (Å²) in [6.07, 6.45) is 2.77. The molecule has 3 N–H and O–H groups in total. The van der Waals surface area contributed by atoms with Gasteiger partial charge in [-0.3, -0.25) is 9.59 Å². The van der Waals surface area contributed by atoms with Crippen molar-refractivity contribution in [2.45, 2.75) is 31.5 Å². The van der Waals surface area contributed by atoms with Crippen molar-refractivity contribution in [2.24, 2.45) is 5.92 Å². The molecule has 6 rings (SSSR count). The molecule has 3 aromatic heterocycles. The largest absolute Gasteiger partial charge is 0.494 e. The second-order valence-electron chi connectivity index (χ2n) is 9.00. The summed E-state index contributed by atoms with van der Waals surface area (Å²) in [4.78, 5) is 41.1. The number of anilines is 2. The number of pyridine rings is 1. The van der Waals surface area contributed by atoms with Crippen LogP contribution in [0.3, 0.4) is 0 Å². The Bertz CT molecular complexity index is 1560. The van der Waals surface area contributed by atoms with Crippen LogP contribution in [0.1, 0.15) is 12.8 Å². The van der Waals surface area contributed by atoms with E-state index in [1.165, 1.54) is 25.6 Å². The molecule has 0 spiro atoms. The highest BCUT2D eigenvalue weighted by molar-refractivity contribution is 9.10. The van der Waals surface area contributed by atoms with Gasteiger partial charge in [0.2, 0.25) is 11.8 Å². The summed E-state index contributed by atoms with van der Waals surface area (Å²) in [7, 11) is 1.37. The van der Waals surface area contributed by atoms with E-state index in [0.29, 0.717) is 44.7 Å². The minimum absolute atomic E-state index is 0.0171. The zero-order valence-electron chi connectivity index (χ0n) is 19.1. The fourth-order valence-corrected chi connectivity index (χ4v) is 5.55. The minimum Gasteiger partial charge on any atom is -0.494 e. The lowest BCUT2D eigenvalue weighted by Gasteiger charge is -2.27. The van der Waals surface area contributed by atoms with Crippen molar-refractivity contribution < 1.29 is 18.7 Å². The number of likely N-dealkylation sites (tertiary alicyclic amines) is 1. The third kappa shape index (κ3) is 3.63. The number of aromatic nitrogens is 4. The molecule has 3 atom stereocenters. The monoisotopic (exact) mass is 553 g/mol. The highest BCUT2D eigenvalue weighted by Crippen LogP contribution is 2.48. The lowest BCUT2D eigenvalue weighted by Crippen LogP contribution is -2.46. The van der Waals surface area contributed by atoms with E-state index in [0.717, 1.165) is 6.42 Å². The Morgan fingerprint density at radius 1 is 1.28 bits per heavy atom. The van der Waals surface area contributed by atoms with Gasteiger partial charge in [-0.2, -0.15) is 0 Å². The van der Waals surface area contributed by atoms with E-state index in [2.05, 4.69) is 36.2 Å². The summed E-state index contributed by atoms with van der Waals surface area (Å²) in [5.74, 6) is -0.149. The molecule has 0 unspecified atom stereocenters. The van der Waals surface area contributed by atoms with Crippen molar-refractivity contribution in [3.05, 3.63) is 47.1 Å². The van der Waals surface area contributed by atoms with Gasteiger partial charge in [0.1, 0.15) is 40.8 Å². The Hall–Kier alpha value is -3.80. The summed E-state index contributed by atoms with van der Waals surface area (Å²) < 4.78 is 22.0. The number of hydrogen-bond donors (Lipinski definition) is 2. The third-order valence-electron chi connectivity index (χ3n) is 6.90. The first kappa shape index (κ1) is 22.7. The zero-order chi connectivity index (χ0) is 25.1. The Morgan fingerprint density at radius 2 is 2.11 bits per heavy atom. The van der Waals surface area contributed by atoms with Crippen molar-refractivity contribution in [1.82, 2.24) is 24.4 Å². The molecular formula is C24H21BrFN7O3. The highest BCUT2D eigenvalue weighted by Gasteiger charge is 2.56. The number of hydrogen-bond acceptors (Lipinski definition) is 7. The Balaban J connectivity index is 1.35. The summed E-state index contributed by atoms with van der Waals surface area (Å²) in [6, 6.07) is 7.47. The van der Waals surface area contributed by atoms with E-state index in [1.54, 1.807) is 27.7 Å². The van der Waals surface area contributed by atoms with Crippen LogP contribution in [0.5, 0.6) is 5.75 Å². The number of nitrogens with one attached hydrogen (secondary N) is 1. The molecule has 10 nitrogen and oxygen atoms in total. The van der Waals surface area contributed by atoms with Crippen LogP contribution in [0.15, 0.2) is 41.3 Å². The molecular weight excluding hydrogens is 533 g/mol. The normalized spacial score (nSPS) is 20.5. The summed E-state index contributed by atoms with van der Waals surface area (Å²) in [5, 5.41) is 3.76. The van der Waals surface area contributed by atoms with Gasteiger partial charge < -0.3 is 25.3 Å². The number of nitrogens with two attached hydrogens (primary N) is 1. The van der Waals surface area contributed by atoms with E-state index in [4.69, 9.17) is 10.5 Å². The average molecular weight is 554 g/mol. The predicted molar refractivity (Wildman–Crippen MR) is 134 cm³/mol. The number of fused-ring (bicyclic) bond motifs is 4. The van der Waals surface area contributed by atoms with Crippen LogP contribution >= 0.6 is 15.9 Å². The number of nitrogen functional groups attached to an aromatic ring is 1. The topological polar surface area (TPSA) is 128 Å². The molecule has 12 heteroatoms. The van der Waals surface area contributed by atoms with Crippen LogP contribution in [0.25, 0.3) is 21.9 Å². The second-order valence-corrected chi connectivity index (χ2v) is 9.81. The van der Waals surface area contributed by atoms with Crippen LogP contribution in [0.2, 0.25) is 0 Å². The van der Waals surface area contributed by atoms with E-state index < -0.39 is 11.9 Å². The predicted octanol–water partition coefficient (Wildman–Crippen LogP) is 3.10. The number of halogens is 2. The molecule has 36 heavy (non-hydrogen) atoms. The molecule has 1 saturated carbocycles. The Labute approximate surface area is 212 Å². The number of nitrogens with zero attached hydrogens (tertiary/aromatic N) is 5. The standard InChI is InChI=1S/C24H21BrFN7O3/c1-36-17-8-15-12(7-13(17)26)21-22(27)28-10-29-23(21)32(15)9-20(34)33-14-5-11(14)6-16(33)24(35)31-19-4-2-3-18(25)30-19/h2-4,7-8,10-11,14,16H,5-6,9H2,1H3,(H2,27,28,29)(H,30,31,35)/t11-,14-,16+/m1/s1. The first-order valence-corrected chi connectivity index (χ1v) is 12.2. The van der Waals surface area contributed by atoms with Gasteiger partial charge in [-0.1, -0.05) is 6.07 Å². The van der Waals surface area contributed by atoms with Gasteiger partial charge in [0, 0.05) is 17.5 Å². The minimum atomic E-state index is -0.609. The number of ether oxygens (including phenoxy) is 1. The molecule has 0 bridgehead atoms. The van der Waals surface area contributed by atoms with E-state index in [9.17, 15) is 14.0 Å². The molecule has 1 aromatic carbocycles. The molecule has 4 aromatic rings. The Kier molecular flexibility index (Phi) is 5.29. The van der Waals surface area contributed by atoms with Gasteiger partial charge >= 0.3 is 0 Å². The first-order valence-electron chi connectivity index (χ1n) is 11.4. The lowest BCUT2D eigenvalue weighted by molar-refractivity contribution is -0.138. The first-order chi connectivity index (χ1) is 17.4. The maximum atomic E-state index is 14.6. The van der Waals surface area contributed by atoms with E-state index >= 15 is 0 Å². The second kappa shape index (κ2) is 8.40. The van der Waals surface area contributed by atoms with E-state index in [1.807, 2.05) is 0 Å². The lowest BCUT2D eigenvalue weighted by atomic mass is 10.1. The van der Waals surface area contributed by atoms with Crippen molar-refractivity contribution in [2.75, 3.05) is 18.2 Å². The number of rotatable bonds is 5. The molecule has 2 fully saturated rings. The van der Waals surface area contributed by atoms with Crippen LogP contribution < -0.4 is 15.8 Å². The molecule has 2 aliphatic rings. The number of amides is 2. The van der Waals surface area contributed by atoms with Crippen molar-refractivity contribution in [1.29, 1.82) is 0 Å². The van der Waals surface area contributed by atoms with Crippen LogP contribution in [0.4, 0.5) is 16.0 Å². The number of piperidine rings is 1. The maximum absolute atomic E-state index is 14.6. The SMILES string of the molecule is COc1cc2c(cc1F)c1c(N)ncnc1n2CC(=O)N1[C@@H]2C[C@@H]2C[C@H]1C(=O)Nc1cccc(Br)n1. The fraction of sp³-hybridized carbons (Fsp3) is 0.292. The number of methoxy groups -OCH3 is 1. The van der Waals surface area contributed by atoms with Crippen LogP contribution in [-0.2, 0) is 16.1 Å². The summed E-state index contributed by atoms with van der Waals surface area (Å²) in [6.45, 7) is -0.104. The maximum Gasteiger partial charge on any atom is 0.248 e. The fourth-order valence-electron chi connectivity index (χ4n) is 5.20. The quantitative estimate of drug-likeness (QED) is 0.363. The van der Waals surface area contributed by atoms with E-state index in [-0.39, 0.29) is 36.0 Å². The average Bonchev–Trinajstić information content (AvgIpc) is 3.40. The smallest absolute Gasteiger partial charge is 0.248 e. The molecule has 0 radical (unpaired) electrons. The highest BCUT2D eigenvalue weighted by atomic mass is 79.9. The van der Waals surface area contributed by atoms with Gasteiger partial charge in [-0.05, 0) is 52.9 Å². The van der Waals surface area contributed by atoms with Crippen molar-refractivity contribution >= 4 is 61.3 Å². The molecule has 4 heterocycles. The van der Waals surface area contributed by atoms with Gasteiger partial charge in [0.05, 0.1) is 18.0 Å². The third-order valence-corrected chi connectivity index (χ3v) is 7.34. The molecule has 1 saturated heterocycles. The summed E-state index contributed by atoms with van der Waals surface area (Å²) in [5.41, 5.74) is 7.05. The number of carbonyl (C=O) groups excluding carboxylic acids is 2. The van der Waals surface area contributed by atoms with Gasteiger partial charge in [-0.25, -0.2) is 19.3 Å².